The third-order valence-corrected chi connectivity index (χ3v) is 15.5. The number of allylic oxidation sites excluding steroid dienone is 16. The van der Waals surface area contributed by atoms with Crippen LogP contribution in [-0.4, -0.2) is 66.5 Å². The van der Waals surface area contributed by atoms with Gasteiger partial charge in [-0.1, -0.05) is 291 Å². The van der Waals surface area contributed by atoms with Crippen LogP contribution in [0.2, 0.25) is 0 Å². The molecule has 11 nitrogen and oxygen atoms in total. The Morgan fingerprint density at radius 3 is 1.05 bits per heavy atom. The zero-order valence-corrected chi connectivity index (χ0v) is 54.7. The van der Waals surface area contributed by atoms with Gasteiger partial charge in [-0.3, -0.25) is 23.4 Å². The van der Waals surface area contributed by atoms with Crippen molar-refractivity contribution in [3.8, 4) is 0 Å². The van der Waals surface area contributed by atoms with Crippen molar-refractivity contribution in [2.24, 2.45) is 0 Å². The summed E-state index contributed by atoms with van der Waals surface area (Å²) in [6.45, 7) is 4.47. The Labute approximate surface area is 514 Å². The van der Waals surface area contributed by atoms with Gasteiger partial charge in [-0.05, 0) is 89.9 Å². The quantitative estimate of drug-likeness (QED) is 0.0197. The van der Waals surface area contributed by atoms with E-state index in [1.165, 1.54) is 154 Å². The first-order valence-corrected chi connectivity index (χ1v) is 35.6. The van der Waals surface area contributed by atoms with E-state index in [4.69, 9.17) is 23.3 Å². The van der Waals surface area contributed by atoms with E-state index in [0.29, 0.717) is 25.7 Å². The van der Waals surface area contributed by atoms with Crippen LogP contribution in [0.1, 0.15) is 303 Å². The Morgan fingerprint density at radius 1 is 0.345 bits per heavy atom. The number of ether oxygens (including phenoxy) is 3. The summed E-state index contributed by atoms with van der Waals surface area (Å²) in [6.07, 6.45) is 79.4. The molecular formula is C72H125O11P. The molecule has 0 aromatic heterocycles. The molecule has 3 atom stereocenters. The number of carbonyl (C=O) groups is 3. The SMILES string of the molecule is CC/C=C\C/C=C\C/C=C\C/C=C\C/C=C\C/C=C\CCC(=O)OC(COC(=O)CCCCCCCCCCC/C=C\C/C=C\CCCCC)COP(=O)(O)OCC(CO)OC(=O)CCCCCCCCCCCCCCCCCCCCC. The van der Waals surface area contributed by atoms with Gasteiger partial charge < -0.3 is 24.2 Å². The van der Waals surface area contributed by atoms with Crippen molar-refractivity contribution in [2.75, 3.05) is 26.4 Å². The second-order valence-corrected chi connectivity index (χ2v) is 24.1. The summed E-state index contributed by atoms with van der Waals surface area (Å²) in [5.41, 5.74) is 0. The van der Waals surface area contributed by atoms with Gasteiger partial charge in [0, 0.05) is 19.3 Å². The molecule has 84 heavy (non-hydrogen) atoms. The van der Waals surface area contributed by atoms with Gasteiger partial charge in [0.25, 0.3) is 0 Å². The smallest absolute Gasteiger partial charge is 0.462 e. The summed E-state index contributed by atoms with van der Waals surface area (Å²) in [5, 5.41) is 9.88. The first-order chi connectivity index (χ1) is 41.2. The van der Waals surface area contributed by atoms with Crippen molar-refractivity contribution in [1.29, 1.82) is 0 Å². The summed E-state index contributed by atoms with van der Waals surface area (Å²) in [6, 6.07) is 0. The summed E-state index contributed by atoms with van der Waals surface area (Å²) in [7, 11) is -4.78. The monoisotopic (exact) mass is 1200 g/mol. The number of hydrogen-bond donors (Lipinski definition) is 2. The minimum absolute atomic E-state index is 0.0394. The molecule has 0 aliphatic rings. The van der Waals surface area contributed by atoms with Crippen LogP contribution in [0.15, 0.2) is 97.2 Å². The van der Waals surface area contributed by atoms with Gasteiger partial charge >= 0.3 is 25.7 Å². The highest BCUT2D eigenvalue weighted by molar-refractivity contribution is 7.47. The van der Waals surface area contributed by atoms with Crippen molar-refractivity contribution >= 4 is 25.7 Å². The van der Waals surface area contributed by atoms with E-state index >= 15 is 0 Å². The third kappa shape index (κ3) is 62.9. The van der Waals surface area contributed by atoms with Crippen molar-refractivity contribution in [1.82, 2.24) is 0 Å². The number of phosphoric ester groups is 1. The molecule has 0 amide bonds. The number of aliphatic hydroxyl groups excluding tert-OH is 1. The van der Waals surface area contributed by atoms with Crippen LogP contribution in [-0.2, 0) is 42.2 Å². The number of unbranched alkanes of at least 4 members (excludes halogenated alkanes) is 30. The Balaban J connectivity index is 4.76. The van der Waals surface area contributed by atoms with E-state index < -0.39 is 57.8 Å². The molecule has 0 fully saturated rings. The van der Waals surface area contributed by atoms with Gasteiger partial charge in [-0.15, -0.1) is 0 Å². The molecular weight excluding hydrogens is 1070 g/mol. The van der Waals surface area contributed by atoms with Crippen molar-refractivity contribution < 1.29 is 52.2 Å². The molecule has 0 saturated carbocycles. The highest BCUT2D eigenvalue weighted by Crippen LogP contribution is 2.43. The summed E-state index contributed by atoms with van der Waals surface area (Å²) in [4.78, 5) is 48.8. The fourth-order valence-corrected chi connectivity index (χ4v) is 10.1. The highest BCUT2D eigenvalue weighted by Gasteiger charge is 2.28. The lowest BCUT2D eigenvalue weighted by Gasteiger charge is -2.21. The van der Waals surface area contributed by atoms with E-state index in [9.17, 15) is 28.9 Å². The summed E-state index contributed by atoms with van der Waals surface area (Å²) < 4.78 is 39.7. The number of rotatable bonds is 63. The maximum atomic E-state index is 13.0. The molecule has 3 unspecified atom stereocenters. The van der Waals surface area contributed by atoms with Gasteiger partial charge in [0.1, 0.15) is 12.7 Å². The van der Waals surface area contributed by atoms with E-state index in [1.807, 2.05) is 12.2 Å². The fourth-order valence-electron chi connectivity index (χ4n) is 9.36. The number of esters is 3. The van der Waals surface area contributed by atoms with Crippen molar-refractivity contribution in [3.05, 3.63) is 97.2 Å². The average Bonchev–Trinajstić information content (AvgIpc) is 3.53. The van der Waals surface area contributed by atoms with Crippen molar-refractivity contribution in [3.63, 3.8) is 0 Å². The molecule has 0 bridgehead atoms. The lowest BCUT2D eigenvalue weighted by molar-refractivity contribution is -0.161. The molecule has 0 aromatic rings. The van der Waals surface area contributed by atoms with Crippen LogP contribution in [0.25, 0.3) is 0 Å². The van der Waals surface area contributed by atoms with Crippen LogP contribution in [0.4, 0.5) is 0 Å². The lowest BCUT2D eigenvalue weighted by atomic mass is 10.0. The zero-order chi connectivity index (χ0) is 61.2. The molecule has 0 rings (SSSR count). The van der Waals surface area contributed by atoms with E-state index in [1.54, 1.807) is 0 Å². The van der Waals surface area contributed by atoms with Crippen LogP contribution < -0.4 is 0 Å². The van der Waals surface area contributed by atoms with E-state index in [2.05, 4.69) is 106 Å². The Bertz CT molecular complexity index is 1780. The second-order valence-electron chi connectivity index (χ2n) is 22.6. The maximum absolute atomic E-state index is 13.0. The molecule has 484 valence electrons. The summed E-state index contributed by atoms with van der Waals surface area (Å²) >= 11 is 0. The van der Waals surface area contributed by atoms with Crippen LogP contribution in [0.3, 0.4) is 0 Å². The van der Waals surface area contributed by atoms with Crippen molar-refractivity contribution in [2.45, 2.75) is 315 Å². The Morgan fingerprint density at radius 2 is 0.643 bits per heavy atom. The van der Waals surface area contributed by atoms with Gasteiger partial charge in [0.05, 0.1) is 19.8 Å². The van der Waals surface area contributed by atoms with Gasteiger partial charge in [0.2, 0.25) is 0 Å². The molecule has 0 saturated heterocycles. The average molecular weight is 1200 g/mol. The summed E-state index contributed by atoms with van der Waals surface area (Å²) in [5.74, 6) is -1.56. The number of carbonyl (C=O) groups excluding carboxylic acids is 3. The third-order valence-electron chi connectivity index (χ3n) is 14.5. The molecule has 0 aliphatic carbocycles. The Hall–Kier alpha value is -3.60. The Kier molecular flexibility index (Phi) is 62.6. The van der Waals surface area contributed by atoms with Crippen LogP contribution in [0, 0.1) is 0 Å². The molecule has 2 N–H and O–H groups in total. The number of phosphoric acid groups is 1. The second kappa shape index (κ2) is 65.4. The first-order valence-electron chi connectivity index (χ1n) is 34.1. The molecule has 0 radical (unpaired) electrons. The van der Waals surface area contributed by atoms with Crippen LogP contribution in [0.5, 0.6) is 0 Å². The molecule has 0 spiro atoms. The lowest BCUT2D eigenvalue weighted by Crippen LogP contribution is -2.30. The van der Waals surface area contributed by atoms with Gasteiger partial charge in [0.15, 0.2) is 6.10 Å². The number of aliphatic hydroxyl groups is 1. The van der Waals surface area contributed by atoms with Gasteiger partial charge in [-0.25, -0.2) is 4.57 Å². The molecule has 12 heteroatoms. The predicted octanol–water partition coefficient (Wildman–Crippen LogP) is 21.2. The fraction of sp³-hybridized carbons (Fsp3) is 0.736. The highest BCUT2D eigenvalue weighted by atomic mass is 31.2. The molecule has 0 heterocycles. The number of hydrogen-bond acceptors (Lipinski definition) is 10. The van der Waals surface area contributed by atoms with E-state index in [-0.39, 0.29) is 25.9 Å². The van der Waals surface area contributed by atoms with Crippen LogP contribution >= 0.6 is 7.82 Å². The molecule has 0 aromatic carbocycles. The predicted molar refractivity (Wildman–Crippen MR) is 353 cm³/mol. The first kappa shape index (κ1) is 80.4. The topological polar surface area (TPSA) is 155 Å². The largest absolute Gasteiger partial charge is 0.472 e. The molecule has 0 aliphatic heterocycles. The minimum atomic E-state index is -4.78. The normalized spacial score (nSPS) is 13.8. The standard InChI is InChI=1S/C72H125O11P/c1-4-7-10-13-16-19-22-25-28-31-34-37-40-43-46-49-52-55-58-61-70(74)79-65-69(83-72(76)63-60-57-54-51-48-45-42-39-36-33-30-27-24-21-18-15-12-9-6-3)67-81-84(77,78)80-66-68(64-73)82-71(75)62-59-56-53-50-47-44-41-38-35-32-29-26-23-20-17-14-11-8-5-2/h9,12,16,18-19,21,25,27-28,30,36,39,45,48,54,57,68-69,73H,4-8,10-11,13-15,17,20,22-24,26,29,31-35,37-38,40-44,46-47,49-53,55-56,58-67H2,1-3H3,(H,77,78)/b12-9-,19-16-,21-18-,28-25-,30-27-,39-36-,48-45-,57-54-. The maximum Gasteiger partial charge on any atom is 0.472 e. The zero-order valence-electron chi connectivity index (χ0n) is 53.8. The minimum Gasteiger partial charge on any atom is -0.462 e. The van der Waals surface area contributed by atoms with E-state index in [0.717, 1.165) is 83.5 Å². The van der Waals surface area contributed by atoms with Gasteiger partial charge in [-0.2, -0.15) is 0 Å².